The van der Waals surface area contributed by atoms with Gasteiger partial charge >= 0.3 is 0 Å². The Morgan fingerprint density at radius 3 is 2.70 bits per heavy atom. The molecule has 1 saturated carbocycles. The van der Waals surface area contributed by atoms with E-state index in [2.05, 4.69) is 10.5 Å². The Bertz CT molecular complexity index is 1470. The first-order valence-electron chi connectivity index (χ1n) is 12.1. The number of rotatable bonds is 8. The highest BCUT2D eigenvalue weighted by atomic mass is 35.5. The van der Waals surface area contributed by atoms with Crippen LogP contribution in [0.1, 0.15) is 41.0 Å². The zero-order valence-corrected chi connectivity index (χ0v) is 21.7. The van der Waals surface area contributed by atoms with E-state index in [1.807, 2.05) is 49.4 Å². The maximum absolute atomic E-state index is 15.3. The fraction of sp³-hybridized carbons (Fsp3) is 0.241. The summed E-state index contributed by atoms with van der Waals surface area (Å²) >= 11 is 12.7. The number of para-hydroxylation sites is 1. The Hall–Kier alpha value is -3.19. The van der Waals surface area contributed by atoms with E-state index < -0.39 is 6.04 Å². The lowest BCUT2D eigenvalue weighted by molar-refractivity contribution is 0.234. The molecule has 4 aromatic rings. The highest BCUT2D eigenvalue weighted by Gasteiger charge is 2.28. The molecule has 5 nitrogen and oxygen atoms in total. The molecule has 1 atom stereocenters. The maximum atomic E-state index is 15.3. The first-order valence-corrected chi connectivity index (χ1v) is 13.0. The molecule has 1 aliphatic carbocycles. The number of fused-ring (bicyclic) bond motifs is 1. The molecule has 1 aromatic heterocycles. The summed E-state index contributed by atoms with van der Waals surface area (Å²) < 4.78 is 21.4. The largest absolute Gasteiger partial charge is 0.452 e. The number of halogens is 3. The van der Waals surface area contributed by atoms with Crippen molar-refractivity contribution in [2.45, 2.75) is 38.1 Å². The van der Waals surface area contributed by atoms with Crippen LogP contribution < -0.4 is 10.2 Å². The number of aliphatic imine (C=N–C) groups is 1. The van der Waals surface area contributed by atoms with Gasteiger partial charge in [0.25, 0.3) is 0 Å². The molecular formula is C29H26Cl2FN3O2. The zero-order chi connectivity index (χ0) is 25.9. The van der Waals surface area contributed by atoms with Gasteiger partial charge in [-0.15, -0.1) is 11.6 Å². The predicted molar refractivity (Wildman–Crippen MR) is 146 cm³/mol. The van der Waals surface area contributed by atoms with Crippen molar-refractivity contribution in [3.63, 3.8) is 0 Å². The van der Waals surface area contributed by atoms with Gasteiger partial charge in [-0.2, -0.15) is 0 Å². The Morgan fingerprint density at radius 1 is 1.16 bits per heavy atom. The van der Waals surface area contributed by atoms with Crippen LogP contribution in [0, 0.1) is 12.7 Å². The maximum Gasteiger partial charge on any atom is 0.169 e. The van der Waals surface area contributed by atoms with Crippen molar-refractivity contribution in [2.75, 3.05) is 5.88 Å². The lowest BCUT2D eigenvalue weighted by atomic mass is 10.0. The van der Waals surface area contributed by atoms with Gasteiger partial charge in [0, 0.05) is 16.3 Å². The van der Waals surface area contributed by atoms with E-state index >= 15 is 4.39 Å². The molecule has 5 rings (SSSR count). The van der Waals surface area contributed by atoms with E-state index in [4.69, 9.17) is 32.9 Å². The first kappa shape index (κ1) is 25.5. The summed E-state index contributed by atoms with van der Waals surface area (Å²) in [6, 6.07) is 18.0. The third kappa shape index (κ3) is 5.57. The third-order valence-electron chi connectivity index (χ3n) is 6.47. The zero-order valence-electron chi connectivity index (χ0n) is 20.2. The Morgan fingerprint density at radius 2 is 1.97 bits per heavy atom. The van der Waals surface area contributed by atoms with Crippen LogP contribution in [-0.2, 0) is 6.42 Å². The monoisotopic (exact) mass is 537 g/mol. The van der Waals surface area contributed by atoms with Crippen LogP contribution in [-0.4, -0.2) is 27.9 Å². The summed E-state index contributed by atoms with van der Waals surface area (Å²) in [4.78, 5) is 9.22. The van der Waals surface area contributed by atoms with Gasteiger partial charge in [0.1, 0.15) is 0 Å². The van der Waals surface area contributed by atoms with E-state index in [1.54, 1.807) is 18.2 Å². The van der Waals surface area contributed by atoms with Gasteiger partial charge in [-0.3, -0.25) is 20.7 Å². The SMILES string of the molecule is Cc1ccc(C[C@H](CCl)N=C(NO)c2c(Oc3cccc(C4CC4)c3F)cnc3ccccc23)c(Cl)c1. The molecule has 1 heterocycles. The van der Waals surface area contributed by atoms with Gasteiger partial charge < -0.3 is 4.74 Å². The van der Waals surface area contributed by atoms with Crippen molar-refractivity contribution in [1.82, 2.24) is 10.5 Å². The molecule has 0 unspecified atom stereocenters. The first-order chi connectivity index (χ1) is 18.0. The Balaban J connectivity index is 1.57. The summed E-state index contributed by atoms with van der Waals surface area (Å²) in [5, 5.41) is 11.5. The van der Waals surface area contributed by atoms with Crippen molar-refractivity contribution < 1.29 is 14.3 Å². The minimum atomic E-state index is -0.411. The molecule has 0 saturated heterocycles. The summed E-state index contributed by atoms with van der Waals surface area (Å²) in [7, 11) is 0. The smallest absolute Gasteiger partial charge is 0.169 e. The number of nitrogens with zero attached hydrogens (tertiary/aromatic N) is 2. The second kappa shape index (κ2) is 11.1. The third-order valence-corrected chi connectivity index (χ3v) is 7.18. The van der Waals surface area contributed by atoms with Crippen molar-refractivity contribution in [3.8, 4) is 11.5 Å². The normalized spacial score (nSPS) is 14.6. The Labute approximate surface area is 224 Å². The van der Waals surface area contributed by atoms with E-state index in [1.165, 1.54) is 6.20 Å². The molecule has 37 heavy (non-hydrogen) atoms. The highest BCUT2D eigenvalue weighted by molar-refractivity contribution is 6.31. The van der Waals surface area contributed by atoms with E-state index in [0.29, 0.717) is 33.5 Å². The van der Waals surface area contributed by atoms with Crippen LogP contribution in [0.3, 0.4) is 0 Å². The molecule has 0 radical (unpaired) electrons. The standard InChI is InChI=1S/C29H26Cl2FN3O2/c1-17-9-10-19(23(31)13-17)14-20(15-30)34-29(35-36)27-22-5-2-3-7-24(22)33-16-26(27)37-25-8-4-6-21(28(25)32)18-11-12-18/h2-10,13,16,18,20,36H,11-12,14-15H2,1H3,(H,34,35)/t20-/m1/s1. The topological polar surface area (TPSA) is 66.7 Å². The van der Waals surface area contributed by atoms with Gasteiger partial charge in [-0.05, 0) is 67.0 Å². The highest BCUT2D eigenvalue weighted by Crippen LogP contribution is 2.43. The van der Waals surface area contributed by atoms with Crippen molar-refractivity contribution in [3.05, 3.63) is 100.0 Å². The van der Waals surface area contributed by atoms with Crippen LogP contribution in [0.5, 0.6) is 11.5 Å². The molecule has 0 aliphatic heterocycles. The minimum absolute atomic E-state index is 0.0975. The number of aromatic nitrogens is 1. The van der Waals surface area contributed by atoms with Gasteiger partial charge in [-0.25, -0.2) is 4.39 Å². The van der Waals surface area contributed by atoms with Gasteiger partial charge in [-0.1, -0.05) is 54.1 Å². The fourth-order valence-corrected chi connectivity index (χ4v) is 4.91. The predicted octanol–water partition coefficient (Wildman–Crippen LogP) is 7.58. The second-order valence-corrected chi connectivity index (χ2v) is 9.96. The molecule has 1 fully saturated rings. The molecule has 1 aliphatic rings. The number of alkyl halides is 1. The molecule has 3 aromatic carbocycles. The van der Waals surface area contributed by atoms with Gasteiger partial charge in [0.05, 0.1) is 23.3 Å². The molecule has 190 valence electrons. The minimum Gasteiger partial charge on any atom is -0.452 e. The number of ether oxygens (including phenoxy) is 1. The number of nitrogens with one attached hydrogen (secondary N) is 1. The molecule has 0 bridgehead atoms. The molecule has 2 N–H and O–H groups in total. The summed E-state index contributed by atoms with van der Waals surface area (Å²) in [5.41, 5.74) is 5.95. The van der Waals surface area contributed by atoms with Crippen LogP contribution in [0.2, 0.25) is 5.02 Å². The van der Waals surface area contributed by atoms with E-state index in [0.717, 1.165) is 24.0 Å². The van der Waals surface area contributed by atoms with Gasteiger partial charge in [0.15, 0.2) is 23.2 Å². The lowest BCUT2D eigenvalue weighted by Gasteiger charge is -2.18. The number of hydroxylamine groups is 1. The number of amidine groups is 1. The summed E-state index contributed by atoms with van der Waals surface area (Å²) in [6.07, 6.45) is 3.92. The van der Waals surface area contributed by atoms with Crippen LogP contribution in [0.15, 0.2) is 71.9 Å². The number of hydrogen-bond donors (Lipinski definition) is 2. The van der Waals surface area contributed by atoms with E-state index in [-0.39, 0.29) is 34.9 Å². The Kier molecular flexibility index (Phi) is 7.60. The van der Waals surface area contributed by atoms with E-state index in [9.17, 15) is 5.21 Å². The quantitative estimate of drug-likeness (QED) is 0.105. The number of hydrogen-bond acceptors (Lipinski definition) is 4. The molecular weight excluding hydrogens is 512 g/mol. The average molecular weight is 538 g/mol. The van der Waals surface area contributed by atoms with Crippen molar-refractivity contribution >= 4 is 39.9 Å². The van der Waals surface area contributed by atoms with Crippen LogP contribution in [0.25, 0.3) is 10.9 Å². The van der Waals surface area contributed by atoms with Gasteiger partial charge in [0.2, 0.25) is 0 Å². The van der Waals surface area contributed by atoms with Crippen molar-refractivity contribution in [1.29, 1.82) is 0 Å². The number of aryl methyl sites for hydroxylation is 1. The molecule has 0 amide bonds. The fourth-order valence-electron chi connectivity index (χ4n) is 4.42. The average Bonchev–Trinajstić information content (AvgIpc) is 3.75. The number of pyridine rings is 1. The van der Waals surface area contributed by atoms with Crippen LogP contribution >= 0.6 is 23.2 Å². The molecule has 8 heteroatoms. The van der Waals surface area contributed by atoms with Crippen LogP contribution in [0.4, 0.5) is 4.39 Å². The summed E-state index contributed by atoms with van der Waals surface area (Å²) in [5.74, 6) is 0.528. The lowest BCUT2D eigenvalue weighted by Crippen LogP contribution is -2.26. The number of benzene rings is 3. The summed E-state index contributed by atoms with van der Waals surface area (Å²) in [6.45, 7) is 1.97. The second-order valence-electron chi connectivity index (χ2n) is 9.25. The molecule has 0 spiro atoms. The van der Waals surface area contributed by atoms with Crippen molar-refractivity contribution in [2.24, 2.45) is 4.99 Å².